The molecule has 5 heteroatoms. The van der Waals surface area contributed by atoms with E-state index < -0.39 is 5.41 Å². The number of hydrogen-bond donors (Lipinski definition) is 1. The minimum Gasteiger partial charge on any atom is -0.492 e. The lowest BCUT2D eigenvalue weighted by Gasteiger charge is -2.37. The Morgan fingerprint density at radius 1 is 1.41 bits per heavy atom. The van der Waals surface area contributed by atoms with Crippen molar-refractivity contribution >= 4 is 5.91 Å². The second-order valence-electron chi connectivity index (χ2n) is 5.99. The summed E-state index contributed by atoms with van der Waals surface area (Å²) in [6, 6.07) is 7.90. The number of amides is 1. The molecule has 2 rings (SSSR count). The van der Waals surface area contributed by atoms with Gasteiger partial charge in [-0.3, -0.25) is 4.79 Å². The minimum absolute atomic E-state index is 0.103. The summed E-state index contributed by atoms with van der Waals surface area (Å²) in [6.45, 7) is 4.64. The Morgan fingerprint density at radius 2 is 2.14 bits per heavy atom. The van der Waals surface area contributed by atoms with Crippen molar-refractivity contribution in [3.63, 3.8) is 0 Å². The summed E-state index contributed by atoms with van der Waals surface area (Å²) in [4.78, 5) is 14.4. The third kappa shape index (κ3) is 3.99. The number of likely N-dealkylation sites (N-methyl/N-ethyl adjacent to an activating group) is 1. The van der Waals surface area contributed by atoms with Crippen LogP contribution in [0.25, 0.3) is 0 Å². The van der Waals surface area contributed by atoms with Gasteiger partial charge in [0.1, 0.15) is 12.4 Å². The second-order valence-corrected chi connectivity index (χ2v) is 5.99. The first kappa shape index (κ1) is 16.8. The molecular weight excluding hydrogens is 280 g/mol. The van der Waals surface area contributed by atoms with Crippen molar-refractivity contribution in [1.82, 2.24) is 4.90 Å². The summed E-state index contributed by atoms with van der Waals surface area (Å²) in [5.41, 5.74) is 6.58. The molecule has 2 N–H and O–H groups in total. The SMILES string of the molecule is Cc1cccc(OCCN(C)C(=O)C2(CN)CCOCC2)c1. The van der Waals surface area contributed by atoms with E-state index in [1.165, 1.54) is 0 Å². The van der Waals surface area contributed by atoms with Crippen LogP contribution in [-0.2, 0) is 9.53 Å². The number of rotatable bonds is 6. The lowest BCUT2D eigenvalue weighted by atomic mass is 9.79. The van der Waals surface area contributed by atoms with E-state index in [0.717, 1.165) is 11.3 Å². The Balaban J connectivity index is 1.85. The molecule has 1 aliphatic heterocycles. The number of benzene rings is 1. The summed E-state index contributed by atoms with van der Waals surface area (Å²) in [6.07, 6.45) is 1.40. The molecule has 1 fully saturated rings. The normalized spacial score (nSPS) is 17.0. The smallest absolute Gasteiger partial charge is 0.230 e. The number of ether oxygens (including phenoxy) is 2. The van der Waals surface area contributed by atoms with Crippen molar-refractivity contribution in [2.45, 2.75) is 19.8 Å². The van der Waals surface area contributed by atoms with Crippen LogP contribution < -0.4 is 10.5 Å². The molecule has 0 saturated carbocycles. The van der Waals surface area contributed by atoms with Gasteiger partial charge in [-0.2, -0.15) is 0 Å². The molecule has 0 aliphatic carbocycles. The van der Waals surface area contributed by atoms with E-state index in [0.29, 0.717) is 45.8 Å². The number of carbonyl (C=O) groups excluding carboxylic acids is 1. The zero-order chi connectivity index (χ0) is 16.0. The fourth-order valence-electron chi connectivity index (χ4n) is 2.78. The topological polar surface area (TPSA) is 64.8 Å². The molecule has 0 atom stereocenters. The Hall–Kier alpha value is -1.59. The van der Waals surface area contributed by atoms with Gasteiger partial charge in [0.05, 0.1) is 12.0 Å². The quantitative estimate of drug-likeness (QED) is 0.867. The molecule has 0 spiro atoms. The first-order valence-corrected chi connectivity index (χ1v) is 7.80. The number of carbonyl (C=O) groups is 1. The van der Waals surface area contributed by atoms with Gasteiger partial charge < -0.3 is 20.1 Å². The maximum Gasteiger partial charge on any atom is 0.230 e. The fourth-order valence-corrected chi connectivity index (χ4v) is 2.78. The third-order valence-electron chi connectivity index (χ3n) is 4.33. The van der Waals surface area contributed by atoms with E-state index in [4.69, 9.17) is 15.2 Å². The van der Waals surface area contributed by atoms with Crippen molar-refractivity contribution in [3.8, 4) is 5.75 Å². The van der Waals surface area contributed by atoms with E-state index in [1.54, 1.807) is 4.90 Å². The number of nitrogens with zero attached hydrogens (tertiary/aromatic N) is 1. The van der Waals surface area contributed by atoms with E-state index in [2.05, 4.69) is 0 Å². The Labute approximate surface area is 132 Å². The summed E-state index contributed by atoms with van der Waals surface area (Å²) < 4.78 is 11.1. The third-order valence-corrected chi connectivity index (χ3v) is 4.33. The van der Waals surface area contributed by atoms with E-state index in [9.17, 15) is 4.79 Å². The van der Waals surface area contributed by atoms with Crippen molar-refractivity contribution in [3.05, 3.63) is 29.8 Å². The molecule has 1 heterocycles. The highest BCUT2D eigenvalue weighted by Crippen LogP contribution is 2.31. The molecule has 0 aromatic heterocycles. The number of aryl methyl sites for hydroxylation is 1. The molecule has 0 bridgehead atoms. The van der Waals surface area contributed by atoms with Crippen LogP contribution in [0.3, 0.4) is 0 Å². The standard InChI is InChI=1S/C17H26N2O3/c1-14-4-3-5-15(12-14)22-11-8-19(2)16(20)17(13-18)6-9-21-10-7-17/h3-5,12H,6-11,13,18H2,1-2H3. The van der Waals surface area contributed by atoms with Gasteiger partial charge >= 0.3 is 0 Å². The van der Waals surface area contributed by atoms with Crippen molar-refractivity contribution < 1.29 is 14.3 Å². The highest BCUT2D eigenvalue weighted by atomic mass is 16.5. The van der Waals surface area contributed by atoms with Gasteiger partial charge in [-0.1, -0.05) is 12.1 Å². The van der Waals surface area contributed by atoms with E-state index >= 15 is 0 Å². The van der Waals surface area contributed by atoms with Gasteiger partial charge in [0.2, 0.25) is 5.91 Å². The Kier molecular flexibility index (Phi) is 5.80. The largest absolute Gasteiger partial charge is 0.492 e. The molecule has 0 unspecified atom stereocenters. The van der Waals surface area contributed by atoms with Crippen LogP contribution >= 0.6 is 0 Å². The summed E-state index contributed by atoms with van der Waals surface area (Å²) in [7, 11) is 1.81. The monoisotopic (exact) mass is 306 g/mol. The lowest BCUT2D eigenvalue weighted by molar-refractivity contribution is -0.146. The van der Waals surface area contributed by atoms with Gasteiger partial charge in [0, 0.05) is 26.8 Å². The van der Waals surface area contributed by atoms with E-state index in [-0.39, 0.29) is 5.91 Å². The number of nitrogens with two attached hydrogens (primary N) is 1. The van der Waals surface area contributed by atoms with Crippen LogP contribution in [0.4, 0.5) is 0 Å². The molecule has 22 heavy (non-hydrogen) atoms. The van der Waals surface area contributed by atoms with Crippen LogP contribution in [0.2, 0.25) is 0 Å². The summed E-state index contributed by atoms with van der Waals surface area (Å²) in [5.74, 6) is 0.937. The van der Waals surface area contributed by atoms with Crippen LogP contribution in [-0.4, -0.2) is 50.8 Å². The van der Waals surface area contributed by atoms with Crippen molar-refractivity contribution in [2.75, 3.05) is 40.0 Å². The molecule has 1 aliphatic rings. The number of hydrogen-bond acceptors (Lipinski definition) is 4. The zero-order valence-electron chi connectivity index (χ0n) is 13.5. The first-order chi connectivity index (χ1) is 10.6. The molecule has 0 radical (unpaired) electrons. The molecule has 1 aromatic carbocycles. The van der Waals surface area contributed by atoms with Crippen LogP contribution in [0, 0.1) is 12.3 Å². The van der Waals surface area contributed by atoms with Gasteiger partial charge in [-0.15, -0.1) is 0 Å². The average molecular weight is 306 g/mol. The molecule has 1 saturated heterocycles. The van der Waals surface area contributed by atoms with Gasteiger partial charge in [-0.25, -0.2) is 0 Å². The second kappa shape index (κ2) is 7.61. The maximum absolute atomic E-state index is 12.7. The average Bonchev–Trinajstić information content (AvgIpc) is 2.54. The lowest BCUT2D eigenvalue weighted by Crippen LogP contribution is -2.50. The van der Waals surface area contributed by atoms with Gasteiger partial charge in [0.25, 0.3) is 0 Å². The van der Waals surface area contributed by atoms with Gasteiger partial charge in [-0.05, 0) is 37.5 Å². The molecule has 5 nitrogen and oxygen atoms in total. The van der Waals surface area contributed by atoms with Gasteiger partial charge in [0.15, 0.2) is 0 Å². The van der Waals surface area contributed by atoms with Crippen LogP contribution in [0.1, 0.15) is 18.4 Å². The molecule has 1 aromatic rings. The highest BCUT2D eigenvalue weighted by Gasteiger charge is 2.40. The first-order valence-electron chi connectivity index (χ1n) is 7.80. The summed E-state index contributed by atoms with van der Waals surface area (Å²) in [5, 5.41) is 0. The predicted molar refractivity (Wildman–Crippen MR) is 85.9 cm³/mol. The Bertz CT molecular complexity index is 498. The Morgan fingerprint density at radius 3 is 2.77 bits per heavy atom. The molecular formula is C17H26N2O3. The van der Waals surface area contributed by atoms with Crippen molar-refractivity contribution in [2.24, 2.45) is 11.1 Å². The fraction of sp³-hybridized carbons (Fsp3) is 0.588. The van der Waals surface area contributed by atoms with Crippen LogP contribution in [0.15, 0.2) is 24.3 Å². The van der Waals surface area contributed by atoms with E-state index in [1.807, 2.05) is 38.2 Å². The van der Waals surface area contributed by atoms with Crippen LogP contribution in [0.5, 0.6) is 5.75 Å². The molecule has 122 valence electrons. The highest BCUT2D eigenvalue weighted by molar-refractivity contribution is 5.83. The maximum atomic E-state index is 12.7. The molecule has 1 amide bonds. The zero-order valence-corrected chi connectivity index (χ0v) is 13.5. The summed E-state index contributed by atoms with van der Waals surface area (Å²) >= 11 is 0. The minimum atomic E-state index is -0.462. The van der Waals surface area contributed by atoms with Crippen molar-refractivity contribution in [1.29, 1.82) is 0 Å². The predicted octanol–water partition coefficient (Wildman–Crippen LogP) is 1.59.